The summed E-state index contributed by atoms with van der Waals surface area (Å²) in [4.78, 5) is 19.6. The van der Waals surface area contributed by atoms with Crippen LogP contribution >= 0.6 is 0 Å². The maximum atomic E-state index is 9.79. The number of hydrogen-bond acceptors (Lipinski definition) is 4. The van der Waals surface area contributed by atoms with Crippen LogP contribution in [0.5, 0.6) is 0 Å². The van der Waals surface area contributed by atoms with Gasteiger partial charge in [0.25, 0.3) is 0 Å². The molecular formula is C12H24O4Sn. The van der Waals surface area contributed by atoms with E-state index in [1.165, 1.54) is 0 Å². The van der Waals surface area contributed by atoms with Crippen molar-refractivity contribution >= 4 is 35.8 Å². The molecule has 0 heterocycles. The molecule has 0 N–H and O–H groups in total. The van der Waals surface area contributed by atoms with Crippen molar-refractivity contribution in [2.75, 3.05) is 0 Å². The summed E-state index contributed by atoms with van der Waals surface area (Å²) >= 11 is 0. The van der Waals surface area contributed by atoms with E-state index in [-0.39, 0.29) is 36.7 Å². The van der Waals surface area contributed by atoms with Gasteiger partial charge in [0.2, 0.25) is 0 Å². The van der Waals surface area contributed by atoms with Crippen molar-refractivity contribution in [3.05, 3.63) is 0 Å². The topological polar surface area (TPSA) is 80.3 Å². The Balaban J connectivity index is -0.000000218. The SMILES string of the molecule is CC(C)CCC(=O)[O-].CC(C)CCC(=O)[O-].[SnH2+2]. The third-order valence-electron chi connectivity index (χ3n) is 1.85. The average Bonchev–Trinajstić information content (AvgIpc) is 2.12. The molecule has 0 saturated carbocycles. The molecular weight excluding hydrogens is 327 g/mol. The number of carbonyl (C=O) groups is 2. The van der Waals surface area contributed by atoms with Gasteiger partial charge in [-0.3, -0.25) is 0 Å². The fraction of sp³-hybridized carbons (Fsp3) is 0.833. The fourth-order valence-electron chi connectivity index (χ4n) is 0.813. The molecule has 0 rings (SSSR count). The molecule has 5 heteroatoms. The molecule has 0 unspecified atom stereocenters. The van der Waals surface area contributed by atoms with Crippen LogP contribution < -0.4 is 10.2 Å². The van der Waals surface area contributed by atoms with Crippen LogP contribution in [0.4, 0.5) is 0 Å². The van der Waals surface area contributed by atoms with E-state index in [0.717, 1.165) is 12.8 Å². The first-order valence-electron chi connectivity index (χ1n) is 5.65. The zero-order valence-electron chi connectivity index (χ0n) is 11.3. The molecule has 0 aromatic carbocycles. The molecule has 0 aliphatic rings. The Labute approximate surface area is 121 Å². The summed E-state index contributed by atoms with van der Waals surface area (Å²) in [6.45, 7) is 7.96. The molecule has 0 aromatic rings. The van der Waals surface area contributed by atoms with Crippen LogP contribution in [0.1, 0.15) is 53.4 Å². The molecule has 0 atom stereocenters. The summed E-state index contributed by atoms with van der Waals surface area (Å²) in [6, 6.07) is 0. The predicted octanol–water partition coefficient (Wildman–Crippen LogP) is -0.571. The van der Waals surface area contributed by atoms with Gasteiger partial charge < -0.3 is 19.8 Å². The number of hydrogen-bond donors (Lipinski definition) is 0. The van der Waals surface area contributed by atoms with Gasteiger partial charge >= 0.3 is 23.9 Å². The number of rotatable bonds is 6. The van der Waals surface area contributed by atoms with E-state index in [0.29, 0.717) is 11.8 Å². The van der Waals surface area contributed by atoms with Crippen LogP contribution in [0.2, 0.25) is 0 Å². The van der Waals surface area contributed by atoms with E-state index in [1.807, 2.05) is 27.7 Å². The third-order valence-corrected chi connectivity index (χ3v) is 1.85. The Kier molecular flexibility index (Phi) is 17.8. The first-order chi connectivity index (χ1) is 7.25. The molecule has 0 aliphatic heterocycles. The molecule has 100 valence electrons. The van der Waals surface area contributed by atoms with E-state index in [4.69, 9.17) is 0 Å². The van der Waals surface area contributed by atoms with Crippen molar-refractivity contribution in [3.63, 3.8) is 0 Å². The molecule has 0 aromatic heterocycles. The number of aliphatic carboxylic acids is 2. The summed E-state index contributed by atoms with van der Waals surface area (Å²) in [6.07, 6.45) is 1.83. The molecule has 4 nitrogen and oxygen atoms in total. The van der Waals surface area contributed by atoms with E-state index in [1.54, 1.807) is 0 Å². The summed E-state index contributed by atoms with van der Waals surface area (Å²) in [5, 5.41) is 19.6. The summed E-state index contributed by atoms with van der Waals surface area (Å²) in [5.41, 5.74) is 0. The van der Waals surface area contributed by atoms with Gasteiger partial charge in [-0.2, -0.15) is 0 Å². The second kappa shape index (κ2) is 13.8. The Hall–Kier alpha value is -0.261. The standard InChI is InChI=1S/2C6H12O2.Sn.2H/c2*1-5(2)3-4-6(7)8;;;/h2*5H,3-4H2,1-2H3,(H,7,8);;;/q;;+2;;/p-2. The third kappa shape index (κ3) is 31.3. The second-order valence-electron chi connectivity index (χ2n) is 4.61. The minimum absolute atomic E-state index is 0. The zero-order chi connectivity index (χ0) is 13.1. The molecule has 0 fully saturated rings. The predicted molar refractivity (Wildman–Crippen MR) is 66.7 cm³/mol. The Morgan fingerprint density at radius 1 is 0.824 bits per heavy atom. The zero-order valence-corrected chi connectivity index (χ0v) is 15.4. The number of carboxylic acid groups (broad SMARTS) is 2. The van der Waals surface area contributed by atoms with E-state index < -0.39 is 11.9 Å². The van der Waals surface area contributed by atoms with Crippen molar-refractivity contribution < 1.29 is 19.8 Å². The van der Waals surface area contributed by atoms with Crippen LogP contribution in [0.25, 0.3) is 0 Å². The van der Waals surface area contributed by atoms with Gasteiger partial charge in [-0.05, 0) is 37.5 Å². The van der Waals surface area contributed by atoms with Crippen LogP contribution in [-0.4, -0.2) is 35.8 Å². The summed E-state index contributed by atoms with van der Waals surface area (Å²) in [7, 11) is 0. The molecule has 0 aliphatic carbocycles. The van der Waals surface area contributed by atoms with Crippen molar-refractivity contribution in [2.45, 2.75) is 53.4 Å². The maximum absolute atomic E-state index is 9.79. The first-order valence-corrected chi connectivity index (χ1v) is 5.65. The van der Waals surface area contributed by atoms with Gasteiger partial charge in [0.1, 0.15) is 0 Å². The average molecular weight is 351 g/mol. The monoisotopic (exact) mass is 352 g/mol. The Morgan fingerprint density at radius 2 is 1.06 bits per heavy atom. The van der Waals surface area contributed by atoms with E-state index >= 15 is 0 Å². The Bertz CT molecular complexity index is 181. The normalized spacial score (nSPS) is 9.29. The molecule has 0 spiro atoms. The molecule has 0 radical (unpaired) electrons. The molecule has 17 heavy (non-hydrogen) atoms. The van der Waals surface area contributed by atoms with E-state index in [2.05, 4.69) is 0 Å². The number of carbonyl (C=O) groups excluding carboxylic acids is 2. The van der Waals surface area contributed by atoms with Gasteiger partial charge in [-0.1, -0.05) is 27.7 Å². The number of carboxylic acids is 2. The molecule has 0 amide bonds. The first kappa shape index (κ1) is 22.0. The van der Waals surface area contributed by atoms with Gasteiger partial charge in [0.05, 0.1) is 0 Å². The van der Waals surface area contributed by atoms with Gasteiger partial charge in [0, 0.05) is 11.9 Å². The van der Waals surface area contributed by atoms with Crippen molar-refractivity contribution in [2.24, 2.45) is 11.8 Å². The minimum atomic E-state index is -0.946. The van der Waals surface area contributed by atoms with Gasteiger partial charge in [0.15, 0.2) is 0 Å². The fourth-order valence-corrected chi connectivity index (χ4v) is 0.813. The van der Waals surface area contributed by atoms with Gasteiger partial charge in [-0.15, -0.1) is 0 Å². The molecule has 0 bridgehead atoms. The van der Waals surface area contributed by atoms with Crippen LogP contribution in [0.3, 0.4) is 0 Å². The van der Waals surface area contributed by atoms with Crippen molar-refractivity contribution in [1.82, 2.24) is 0 Å². The summed E-state index contributed by atoms with van der Waals surface area (Å²) in [5.74, 6) is -0.960. The second-order valence-corrected chi connectivity index (χ2v) is 4.61. The van der Waals surface area contributed by atoms with Crippen LogP contribution in [0, 0.1) is 11.8 Å². The van der Waals surface area contributed by atoms with Crippen LogP contribution in [-0.2, 0) is 9.59 Å². The summed E-state index contributed by atoms with van der Waals surface area (Å²) < 4.78 is 0. The van der Waals surface area contributed by atoms with Crippen molar-refractivity contribution in [3.8, 4) is 0 Å². The van der Waals surface area contributed by atoms with Crippen LogP contribution in [0.15, 0.2) is 0 Å². The van der Waals surface area contributed by atoms with E-state index in [9.17, 15) is 19.8 Å². The Morgan fingerprint density at radius 3 is 1.12 bits per heavy atom. The van der Waals surface area contributed by atoms with Gasteiger partial charge in [-0.25, -0.2) is 0 Å². The van der Waals surface area contributed by atoms with Crippen molar-refractivity contribution in [1.29, 1.82) is 0 Å². The molecule has 0 saturated heterocycles. The quantitative estimate of drug-likeness (QED) is 0.601.